The van der Waals surface area contributed by atoms with Gasteiger partial charge in [-0.2, -0.15) is 0 Å². The van der Waals surface area contributed by atoms with Crippen LogP contribution in [0.15, 0.2) is 29.2 Å². The Labute approximate surface area is 145 Å². The van der Waals surface area contributed by atoms with Crippen LogP contribution in [0.2, 0.25) is 0 Å². The van der Waals surface area contributed by atoms with Crippen molar-refractivity contribution in [3.8, 4) is 0 Å². The number of ether oxygens (including phenoxy) is 1. The zero-order valence-corrected chi connectivity index (χ0v) is 16.1. The fourth-order valence-corrected chi connectivity index (χ4v) is 3.23. The van der Waals surface area contributed by atoms with Gasteiger partial charge >= 0.3 is 5.97 Å². The van der Waals surface area contributed by atoms with E-state index in [0.717, 1.165) is 18.4 Å². The van der Waals surface area contributed by atoms with E-state index >= 15 is 0 Å². The van der Waals surface area contributed by atoms with Crippen LogP contribution in [0.25, 0.3) is 0 Å². The molecule has 1 N–H and O–H groups in total. The van der Waals surface area contributed by atoms with E-state index in [0.29, 0.717) is 6.42 Å². The van der Waals surface area contributed by atoms with Gasteiger partial charge in [0.2, 0.25) is 10.0 Å². The average Bonchev–Trinajstić information content (AvgIpc) is 2.45. The summed E-state index contributed by atoms with van der Waals surface area (Å²) in [6.45, 7) is 9.38. The summed E-state index contributed by atoms with van der Waals surface area (Å²) in [4.78, 5) is 12.5. The van der Waals surface area contributed by atoms with Crippen molar-refractivity contribution in [3.63, 3.8) is 0 Å². The predicted octanol–water partition coefficient (Wildman–Crippen LogP) is 3.42. The van der Waals surface area contributed by atoms with E-state index in [2.05, 4.69) is 4.72 Å². The molecular weight excluding hydrogens is 326 g/mol. The van der Waals surface area contributed by atoms with E-state index in [1.54, 1.807) is 45.0 Å². The smallest absolute Gasteiger partial charge is 0.310 e. The van der Waals surface area contributed by atoms with Gasteiger partial charge in [0.05, 0.1) is 10.8 Å². The number of esters is 1. The van der Waals surface area contributed by atoms with Crippen LogP contribution in [0.1, 0.15) is 52.5 Å². The molecule has 6 heteroatoms. The monoisotopic (exact) mass is 355 g/mol. The number of sulfonamides is 1. The van der Waals surface area contributed by atoms with Gasteiger partial charge in [-0.05, 0) is 46.2 Å². The lowest BCUT2D eigenvalue weighted by molar-refractivity contribution is -0.160. The van der Waals surface area contributed by atoms with Gasteiger partial charge in [-0.15, -0.1) is 0 Å². The predicted molar refractivity (Wildman–Crippen MR) is 95.2 cm³/mol. The van der Waals surface area contributed by atoms with E-state index < -0.39 is 21.5 Å². The van der Waals surface area contributed by atoms with Crippen LogP contribution in [0.4, 0.5) is 0 Å². The molecule has 0 saturated heterocycles. The van der Waals surface area contributed by atoms with E-state index in [1.165, 1.54) is 0 Å². The summed E-state index contributed by atoms with van der Waals surface area (Å²) in [7, 11) is -3.63. The number of benzene rings is 1. The molecule has 0 fully saturated rings. The second-order valence-corrected chi connectivity index (χ2v) is 8.80. The van der Waals surface area contributed by atoms with Crippen molar-refractivity contribution < 1.29 is 17.9 Å². The lowest BCUT2D eigenvalue weighted by atomic mass is 10.0. The van der Waals surface area contributed by atoms with Gasteiger partial charge in [0.15, 0.2) is 0 Å². The van der Waals surface area contributed by atoms with Crippen LogP contribution >= 0.6 is 0 Å². The summed E-state index contributed by atoms with van der Waals surface area (Å²) in [6.07, 6.45) is 2.38. The van der Waals surface area contributed by atoms with Crippen molar-refractivity contribution in [2.45, 2.75) is 64.4 Å². The number of aryl methyl sites for hydroxylation is 1. The Hall–Kier alpha value is -1.40. The van der Waals surface area contributed by atoms with Crippen molar-refractivity contribution in [2.24, 2.45) is 5.92 Å². The number of rotatable bonds is 8. The quantitative estimate of drug-likeness (QED) is 0.725. The Bertz CT molecular complexity index is 630. The second-order valence-electron chi connectivity index (χ2n) is 7.04. The average molecular weight is 356 g/mol. The third-order valence-corrected chi connectivity index (χ3v) is 4.94. The number of nitrogens with one attached hydrogen (secondary N) is 1. The topological polar surface area (TPSA) is 72.5 Å². The van der Waals surface area contributed by atoms with Crippen LogP contribution in [-0.4, -0.2) is 26.5 Å². The molecule has 0 aliphatic heterocycles. The molecule has 1 atom stereocenters. The maximum atomic E-state index is 12.4. The minimum Gasteiger partial charge on any atom is -0.460 e. The Morgan fingerprint density at radius 2 is 1.79 bits per heavy atom. The van der Waals surface area contributed by atoms with Gasteiger partial charge in [-0.25, -0.2) is 13.1 Å². The van der Waals surface area contributed by atoms with Crippen molar-refractivity contribution in [1.29, 1.82) is 0 Å². The lowest BCUT2D eigenvalue weighted by Gasteiger charge is -2.24. The number of hydrogen-bond donors (Lipinski definition) is 1. The van der Waals surface area contributed by atoms with Gasteiger partial charge in [0.25, 0.3) is 0 Å². The van der Waals surface area contributed by atoms with E-state index in [-0.39, 0.29) is 17.4 Å². The van der Waals surface area contributed by atoms with Crippen molar-refractivity contribution in [1.82, 2.24) is 4.72 Å². The first kappa shape index (κ1) is 20.6. The molecule has 0 aliphatic rings. The highest BCUT2D eigenvalue weighted by atomic mass is 32.2. The van der Waals surface area contributed by atoms with Crippen LogP contribution < -0.4 is 4.72 Å². The fraction of sp³-hybridized carbons (Fsp3) is 0.611. The van der Waals surface area contributed by atoms with Crippen molar-refractivity contribution >= 4 is 16.0 Å². The van der Waals surface area contributed by atoms with Gasteiger partial charge in [-0.3, -0.25) is 4.79 Å². The lowest BCUT2D eigenvalue weighted by Crippen LogP contribution is -2.36. The maximum absolute atomic E-state index is 12.4. The summed E-state index contributed by atoms with van der Waals surface area (Å²) in [6, 6.07) is 6.62. The number of carbonyl (C=O) groups is 1. The zero-order valence-electron chi connectivity index (χ0n) is 15.3. The normalized spacial score (nSPS) is 13.5. The minimum atomic E-state index is -3.63. The summed E-state index contributed by atoms with van der Waals surface area (Å²) in [5, 5.41) is 0. The first-order chi connectivity index (χ1) is 11.0. The molecule has 0 aromatic heterocycles. The first-order valence-corrected chi connectivity index (χ1v) is 9.82. The second kappa shape index (κ2) is 8.62. The number of unbranched alkanes of at least 4 members (excludes halogenated alkanes) is 1. The van der Waals surface area contributed by atoms with Crippen LogP contribution in [0.3, 0.4) is 0 Å². The maximum Gasteiger partial charge on any atom is 0.310 e. The largest absolute Gasteiger partial charge is 0.460 e. The molecule has 0 saturated carbocycles. The van der Waals surface area contributed by atoms with Crippen LogP contribution in [-0.2, 0) is 19.6 Å². The van der Waals surface area contributed by atoms with E-state index in [4.69, 9.17) is 4.74 Å². The fourth-order valence-electron chi connectivity index (χ4n) is 2.15. The number of carbonyl (C=O) groups excluding carboxylic acids is 1. The van der Waals surface area contributed by atoms with Gasteiger partial charge < -0.3 is 4.74 Å². The van der Waals surface area contributed by atoms with Crippen molar-refractivity contribution in [2.75, 3.05) is 6.54 Å². The molecule has 0 heterocycles. The molecule has 1 unspecified atom stereocenters. The van der Waals surface area contributed by atoms with E-state index in [9.17, 15) is 13.2 Å². The molecule has 0 bridgehead atoms. The Morgan fingerprint density at radius 1 is 1.21 bits per heavy atom. The van der Waals surface area contributed by atoms with Crippen LogP contribution in [0.5, 0.6) is 0 Å². The summed E-state index contributed by atoms with van der Waals surface area (Å²) < 4.78 is 32.7. The minimum absolute atomic E-state index is 0.0467. The summed E-state index contributed by atoms with van der Waals surface area (Å²) in [5.41, 5.74) is 0.403. The van der Waals surface area contributed by atoms with E-state index in [1.807, 2.05) is 13.8 Å². The standard InChI is InChI=1S/C18H29NO4S/c1-6-7-8-15(17(20)23-18(3,4)5)13-19-24(21,22)16-11-9-14(2)10-12-16/h9-12,15,19H,6-8,13H2,1-5H3. The molecular formula is C18H29NO4S. The van der Waals surface area contributed by atoms with Crippen molar-refractivity contribution in [3.05, 3.63) is 29.8 Å². The summed E-state index contributed by atoms with van der Waals surface area (Å²) >= 11 is 0. The van der Waals surface area contributed by atoms with Gasteiger partial charge in [0.1, 0.15) is 5.60 Å². The molecule has 1 aromatic carbocycles. The molecule has 0 spiro atoms. The third-order valence-electron chi connectivity index (χ3n) is 3.50. The molecule has 24 heavy (non-hydrogen) atoms. The molecule has 1 rings (SSSR count). The Morgan fingerprint density at radius 3 is 2.29 bits per heavy atom. The Balaban J connectivity index is 2.79. The molecule has 5 nitrogen and oxygen atoms in total. The highest BCUT2D eigenvalue weighted by Crippen LogP contribution is 2.17. The molecule has 136 valence electrons. The third kappa shape index (κ3) is 7.01. The molecule has 1 aromatic rings. The van der Waals surface area contributed by atoms with Gasteiger partial charge in [-0.1, -0.05) is 37.5 Å². The zero-order chi connectivity index (χ0) is 18.4. The molecule has 0 aliphatic carbocycles. The van der Waals surface area contributed by atoms with Gasteiger partial charge in [0, 0.05) is 6.54 Å². The summed E-state index contributed by atoms with van der Waals surface area (Å²) in [5.74, 6) is -0.841. The highest BCUT2D eigenvalue weighted by molar-refractivity contribution is 7.89. The molecule has 0 amide bonds. The molecule has 0 radical (unpaired) electrons. The Kier molecular flexibility index (Phi) is 7.42. The van der Waals surface area contributed by atoms with Crippen LogP contribution in [0, 0.1) is 12.8 Å². The number of hydrogen-bond acceptors (Lipinski definition) is 4. The SMILES string of the molecule is CCCCC(CNS(=O)(=O)c1ccc(C)cc1)C(=O)OC(C)(C)C. The first-order valence-electron chi connectivity index (χ1n) is 8.34. The highest BCUT2D eigenvalue weighted by Gasteiger charge is 2.26.